The third kappa shape index (κ3) is 4.95. The number of pyridine rings is 2. The van der Waals surface area contributed by atoms with E-state index in [0.29, 0.717) is 30.2 Å². The molecule has 0 spiro atoms. The standard InChI is InChI=1S/C24H24ClF2N5O2/c1-14(22-17(26)4-5-18(27)23(22)25)34-20-13-29-19(15-3-6-21(28)30-12-15)11-16(20)24(33)32-9-7-31(2)8-10-32/h3-6,11-14H,7-10H2,1-2H3,(H2,28,30). The van der Waals surface area contributed by atoms with Crippen molar-refractivity contribution in [3.63, 3.8) is 0 Å². The molecule has 1 saturated heterocycles. The number of halogens is 3. The molecule has 4 rings (SSSR count). The zero-order chi connectivity index (χ0) is 24.4. The third-order valence-corrected chi connectivity index (χ3v) is 6.14. The number of benzene rings is 1. The van der Waals surface area contributed by atoms with E-state index < -0.39 is 17.7 Å². The van der Waals surface area contributed by atoms with Crippen LogP contribution in [0.15, 0.2) is 42.7 Å². The summed E-state index contributed by atoms with van der Waals surface area (Å²) >= 11 is 6.01. The van der Waals surface area contributed by atoms with Gasteiger partial charge in [-0.1, -0.05) is 11.6 Å². The summed E-state index contributed by atoms with van der Waals surface area (Å²) in [6.07, 6.45) is 1.98. The molecule has 34 heavy (non-hydrogen) atoms. The minimum absolute atomic E-state index is 0.133. The molecule has 1 aliphatic rings. The zero-order valence-corrected chi connectivity index (χ0v) is 19.5. The van der Waals surface area contributed by atoms with E-state index in [1.54, 1.807) is 29.3 Å². The molecule has 2 N–H and O–H groups in total. The zero-order valence-electron chi connectivity index (χ0n) is 18.8. The van der Waals surface area contributed by atoms with Crippen molar-refractivity contribution in [2.45, 2.75) is 13.0 Å². The largest absolute Gasteiger partial charge is 0.483 e. The van der Waals surface area contributed by atoms with E-state index >= 15 is 0 Å². The summed E-state index contributed by atoms with van der Waals surface area (Å²) in [5.74, 6) is -1.20. The average molecular weight is 488 g/mol. The van der Waals surface area contributed by atoms with Crippen molar-refractivity contribution >= 4 is 23.3 Å². The van der Waals surface area contributed by atoms with Gasteiger partial charge in [0.25, 0.3) is 5.91 Å². The molecule has 2 aromatic heterocycles. The molecule has 3 aromatic rings. The Balaban J connectivity index is 1.71. The Morgan fingerprint density at radius 2 is 1.79 bits per heavy atom. The van der Waals surface area contributed by atoms with Crippen LogP contribution in [0.5, 0.6) is 5.75 Å². The summed E-state index contributed by atoms with van der Waals surface area (Å²) in [6, 6.07) is 6.94. The third-order valence-electron chi connectivity index (χ3n) is 5.76. The summed E-state index contributed by atoms with van der Waals surface area (Å²) in [6.45, 7) is 4.11. The number of ether oxygens (including phenoxy) is 1. The molecule has 0 bridgehead atoms. The number of carbonyl (C=O) groups is 1. The molecule has 1 atom stereocenters. The van der Waals surface area contributed by atoms with Crippen molar-refractivity contribution in [2.24, 2.45) is 0 Å². The fraction of sp³-hybridized carbons (Fsp3) is 0.292. The number of piperazine rings is 1. The van der Waals surface area contributed by atoms with Gasteiger partial charge >= 0.3 is 0 Å². The molecule has 1 aromatic carbocycles. The Kier molecular flexibility index (Phi) is 6.95. The molecular formula is C24H24ClF2N5O2. The molecule has 1 amide bonds. The Morgan fingerprint density at radius 1 is 1.09 bits per heavy atom. The Labute approximate surface area is 201 Å². The van der Waals surface area contributed by atoms with Crippen LogP contribution < -0.4 is 10.5 Å². The van der Waals surface area contributed by atoms with Crippen LogP contribution in [-0.4, -0.2) is 58.9 Å². The minimum Gasteiger partial charge on any atom is -0.483 e. The quantitative estimate of drug-likeness (QED) is 0.543. The van der Waals surface area contributed by atoms with Gasteiger partial charge < -0.3 is 20.3 Å². The summed E-state index contributed by atoms with van der Waals surface area (Å²) < 4.78 is 34.4. The summed E-state index contributed by atoms with van der Waals surface area (Å²) in [7, 11) is 1.99. The Hall–Kier alpha value is -3.30. The van der Waals surface area contributed by atoms with Gasteiger partial charge in [-0.3, -0.25) is 9.78 Å². The Bertz CT molecular complexity index is 1200. The predicted molar refractivity (Wildman–Crippen MR) is 126 cm³/mol. The first-order valence-electron chi connectivity index (χ1n) is 10.7. The lowest BCUT2D eigenvalue weighted by Crippen LogP contribution is -2.47. The number of amides is 1. The van der Waals surface area contributed by atoms with Crippen LogP contribution in [0.25, 0.3) is 11.3 Å². The maximum absolute atomic E-state index is 14.4. The van der Waals surface area contributed by atoms with Crippen molar-refractivity contribution in [3.8, 4) is 17.0 Å². The van der Waals surface area contributed by atoms with E-state index in [0.717, 1.165) is 25.2 Å². The molecule has 1 unspecified atom stereocenters. The van der Waals surface area contributed by atoms with Gasteiger partial charge in [0, 0.05) is 43.5 Å². The average Bonchev–Trinajstić information content (AvgIpc) is 2.82. The molecule has 3 heterocycles. The molecular weight excluding hydrogens is 464 g/mol. The second-order valence-corrected chi connectivity index (χ2v) is 8.53. The summed E-state index contributed by atoms with van der Waals surface area (Å²) in [5.41, 5.74) is 6.97. The van der Waals surface area contributed by atoms with Crippen LogP contribution in [0.2, 0.25) is 5.02 Å². The number of hydrogen-bond acceptors (Lipinski definition) is 6. The van der Waals surface area contributed by atoms with Crippen molar-refractivity contribution in [1.82, 2.24) is 19.8 Å². The number of anilines is 1. The molecule has 10 heteroatoms. The predicted octanol–water partition coefficient (Wildman–Crippen LogP) is 4.19. The van der Waals surface area contributed by atoms with Crippen LogP contribution in [0.4, 0.5) is 14.6 Å². The minimum atomic E-state index is -0.979. The highest BCUT2D eigenvalue weighted by Crippen LogP contribution is 2.34. The summed E-state index contributed by atoms with van der Waals surface area (Å²) in [5, 5.41) is -0.364. The van der Waals surface area contributed by atoms with E-state index in [-0.39, 0.29) is 27.8 Å². The number of rotatable bonds is 5. The number of carbonyl (C=O) groups excluding carboxylic acids is 1. The highest BCUT2D eigenvalue weighted by molar-refractivity contribution is 6.31. The number of nitrogens with two attached hydrogens (primary N) is 1. The summed E-state index contributed by atoms with van der Waals surface area (Å²) in [4.78, 5) is 25.8. The number of nitrogens with zero attached hydrogens (tertiary/aromatic N) is 4. The number of aromatic nitrogens is 2. The van der Waals surface area contributed by atoms with Gasteiger partial charge in [-0.05, 0) is 44.3 Å². The first-order valence-corrected chi connectivity index (χ1v) is 11.1. The molecule has 1 fully saturated rings. The van der Waals surface area contributed by atoms with E-state index in [2.05, 4.69) is 14.9 Å². The molecule has 0 saturated carbocycles. The highest BCUT2D eigenvalue weighted by atomic mass is 35.5. The van der Waals surface area contributed by atoms with Crippen molar-refractivity contribution in [1.29, 1.82) is 0 Å². The van der Waals surface area contributed by atoms with Crippen LogP contribution in [0.3, 0.4) is 0 Å². The number of likely N-dealkylation sites (N-methyl/N-ethyl adjacent to an activating group) is 1. The van der Waals surface area contributed by atoms with Crippen molar-refractivity contribution in [3.05, 3.63) is 70.5 Å². The van der Waals surface area contributed by atoms with Crippen molar-refractivity contribution < 1.29 is 18.3 Å². The second kappa shape index (κ2) is 9.90. The number of hydrogen-bond donors (Lipinski definition) is 1. The fourth-order valence-electron chi connectivity index (χ4n) is 3.76. The first-order chi connectivity index (χ1) is 16.2. The van der Waals surface area contributed by atoms with Gasteiger partial charge in [-0.2, -0.15) is 0 Å². The van der Waals surface area contributed by atoms with Gasteiger partial charge in [-0.15, -0.1) is 0 Å². The molecule has 0 aliphatic carbocycles. The second-order valence-electron chi connectivity index (χ2n) is 8.15. The van der Waals surface area contributed by atoms with Crippen LogP contribution in [-0.2, 0) is 0 Å². The maximum atomic E-state index is 14.4. The Morgan fingerprint density at radius 3 is 2.47 bits per heavy atom. The van der Waals surface area contributed by atoms with E-state index in [4.69, 9.17) is 22.1 Å². The lowest BCUT2D eigenvalue weighted by molar-refractivity contribution is 0.0657. The van der Waals surface area contributed by atoms with Crippen molar-refractivity contribution in [2.75, 3.05) is 39.0 Å². The van der Waals surface area contributed by atoms with Gasteiger partial charge in [0.2, 0.25) is 0 Å². The fourth-order valence-corrected chi connectivity index (χ4v) is 4.07. The van der Waals surface area contributed by atoms with Gasteiger partial charge in [0.15, 0.2) is 5.75 Å². The topological polar surface area (TPSA) is 84.6 Å². The molecule has 1 aliphatic heterocycles. The highest BCUT2D eigenvalue weighted by Gasteiger charge is 2.27. The maximum Gasteiger partial charge on any atom is 0.257 e. The lowest BCUT2D eigenvalue weighted by atomic mass is 10.1. The number of nitrogen functional groups attached to an aromatic ring is 1. The van der Waals surface area contributed by atoms with E-state index in [9.17, 15) is 13.6 Å². The van der Waals surface area contributed by atoms with Gasteiger partial charge in [-0.25, -0.2) is 13.8 Å². The normalized spacial score (nSPS) is 15.3. The first kappa shape index (κ1) is 23.8. The van der Waals surface area contributed by atoms with Gasteiger partial charge in [0.1, 0.15) is 23.6 Å². The molecule has 7 nitrogen and oxygen atoms in total. The van der Waals surface area contributed by atoms with Crippen LogP contribution >= 0.6 is 11.6 Å². The monoisotopic (exact) mass is 487 g/mol. The SMILES string of the molecule is CC(Oc1cnc(-c2ccc(N)nc2)cc1C(=O)N1CCN(C)CC1)c1c(F)ccc(F)c1Cl. The smallest absolute Gasteiger partial charge is 0.257 e. The lowest BCUT2D eigenvalue weighted by Gasteiger charge is -2.33. The van der Waals surface area contributed by atoms with Crippen LogP contribution in [0, 0.1) is 11.6 Å². The van der Waals surface area contributed by atoms with E-state index in [1.807, 2.05) is 7.05 Å². The van der Waals surface area contributed by atoms with Gasteiger partial charge in [0.05, 0.1) is 22.5 Å². The molecule has 178 valence electrons. The molecule has 0 radical (unpaired) electrons. The van der Waals surface area contributed by atoms with E-state index in [1.165, 1.54) is 13.1 Å². The van der Waals surface area contributed by atoms with Crippen LogP contribution in [0.1, 0.15) is 28.9 Å².